The summed E-state index contributed by atoms with van der Waals surface area (Å²) in [6.45, 7) is 0. The van der Waals surface area contributed by atoms with Gasteiger partial charge in [0, 0.05) is 18.8 Å². The van der Waals surface area contributed by atoms with Gasteiger partial charge in [0.15, 0.2) is 0 Å². The van der Waals surface area contributed by atoms with Gasteiger partial charge in [0.1, 0.15) is 6.29 Å². The van der Waals surface area contributed by atoms with Crippen LogP contribution in [0.1, 0.15) is 22.3 Å². The lowest BCUT2D eigenvalue weighted by molar-refractivity contribution is -0.107. The van der Waals surface area contributed by atoms with Crippen molar-refractivity contribution < 1.29 is 9.59 Å². The van der Waals surface area contributed by atoms with Gasteiger partial charge < -0.3 is 10.5 Å². The third-order valence-corrected chi connectivity index (χ3v) is 1.59. The number of carbonyl (C=O) groups is 2. The van der Waals surface area contributed by atoms with Gasteiger partial charge in [0.2, 0.25) is 5.91 Å². The summed E-state index contributed by atoms with van der Waals surface area (Å²) >= 11 is 0. The maximum absolute atomic E-state index is 10.8. The molecule has 0 aromatic carbocycles. The standard InChI is InChI=1S/C10H10N2O2/c11-10(14)9-5-8(6-12-7-9)3-1-2-4-13/h1,3-7H,2H2,(H2,11,14). The second-order valence-corrected chi connectivity index (χ2v) is 2.68. The van der Waals surface area contributed by atoms with Gasteiger partial charge in [0.05, 0.1) is 5.56 Å². The number of pyridine rings is 1. The van der Waals surface area contributed by atoms with Crippen LogP contribution in [0.2, 0.25) is 0 Å². The molecule has 0 aliphatic carbocycles. The molecule has 0 aliphatic heterocycles. The summed E-state index contributed by atoms with van der Waals surface area (Å²) in [6.07, 6.45) is 7.54. The minimum absolute atomic E-state index is 0.348. The molecule has 4 nitrogen and oxygen atoms in total. The van der Waals surface area contributed by atoms with Crippen LogP contribution in [-0.2, 0) is 4.79 Å². The zero-order chi connectivity index (χ0) is 10.4. The molecule has 0 atom stereocenters. The van der Waals surface area contributed by atoms with E-state index in [1.165, 1.54) is 6.20 Å². The molecule has 0 spiro atoms. The van der Waals surface area contributed by atoms with Gasteiger partial charge in [-0.2, -0.15) is 0 Å². The molecule has 1 heterocycles. The van der Waals surface area contributed by atoms with E-state index in [4.69, 9.17) is 5.73 Å². The van der Waals surface area contributed by atoms with Gasteiger partial charge in [-0.05, 0) is 11.6 Å². The molecule has 1 aromatic heterocycles. The SMILES string of the molecule is NC(=O)c1cncc(C=CCC=O)c1. The largest absolute Gasteiger partial charge is 0.366 e. The third-order valence-electron chi connectivity index (χ3n) is 1.59. The second-order valence-electron chi connectivity index (χ2n) is 2.68. The van der Waals surface area contributed by atoms with Crippen LogP contribution in [0.3, 0.4) is 0 Å². The van der Waals surface area contributed by atoms with Crippen molar-refractivity contribution in [2.75, 3.05) is 0 Å². The van der Waals surface area contributed by atoms with Crippen molar-refractivity contribution in [3.05, 3.63) is 35.7 Å². The van der Waals surface area contributed by atoms with Crippen molar-refractivity contribution in [2.45, 2.75) is 6.42 Å². The molecule has 2 N–H and O–H groups in total. The van der Waals surface area contributed by atoms with Gasteiger partial charge in [-0.1, -0.05) is 12.2 Å². The molecule has 0 saturated carbocycles. The topological polar surface area (TPSA) is 73.1 Å². The van der Waals surface area contributed by atoms with Crippen molar-refractivity contribution >= 4 is 18.3 Å². The average Bonchev–Trinajstić information content (AvgIpc) is 2.19. The molecule has 14 heavy (non-hydrogen) atoms. The smallest absolute Gasteiger partial charge is 0.250 e. The lowest BCUT2D eigenvalue weighted by Crippen LogP contribution is -2.11. The van der Waals surface area contributed by atoms with Gasteiger partial charge >= 0.3 is 0 Å². The molecule has 0 bridgehead atoms. The van der Waals surface area contributed by atoms with Crippen molar-refractivity contribution in [3.63, 3.8) is 0 Å². The number of aldehydes is 1. The second kappa shape index (κ2) is 4.91. The van der Waals surface area contributed by atoms with Gasteiger partial charge in [-0.15, -0.1) is 0 Å². The Balaban J connectivity index is 2.83. The molecule has 1 aromatic rings. The first-order valence-corrected chi connectivity index (χ1v) is 4.09. The summed E-state index contributed by atoms with van der Waals surface area (Å²) in [7, 11) is 0. The van der Waals surface area contributed by atoms with Gasteiger partial charge in [0.25, 0.3) is 0 Å². The van der Waals surface area contributed by atoms with Crippen LogP contribution in [0.4, 0.5) is 0 Å². The van der Waals surface area contributed by atoms with Crippen molar-refractivity contribution in [3.8, 4) is 0 Å². The number of hydrogen-bond acceptors (Lipinski definition) is 3. The fourth-order valence-electron chi connectivity index (χ4n) is 0.943. The Bertz CT molecular complexity index is 372. The molecule has 1 amide bonds. The van der Waals surface area contributed by atoms with Crippen LogP contribution in [-0.4, -0.2) is 17.2 Å². The Kier molecular flexibility index (Phi) is 3.55. The molecule has 0 fully saturated rings. The zero-order valence-electron chi connectivity index (χ0n) is 7.51. The zero-order valence-corrected chi connectivity index (χ0v) is 7.51. The summed E-state index contributed by atoms with van der Waals surface area (Å²) in [4.78, 5) is 24.7. The number of allylic oxidation sites excluding steroid dienone is 1. The molecule has 0 saturated heterocycles. The fraction of sp³-hybridized carbons (Fsp3) is 0.100. The minimum atomic E-state index is -0.511. The number of amides is 1. The molecule has 0 unspecified atom stereocenters. The van der Waals surface area contributed by atoms with Crippen LogP contribution < -0.4 is 5.73 Å². The predicted molar refractivity (Wildman–Crippen MR) is 52.5 cm³/mol. The fourth-order valence-corrected chi connectivity index (χ4v) is 0.943. The van der Waals surface area contributed by atoms with Crippen molar-refractivity contribution in [1.82, 2.24) is 4.98 Å². The minimum Gasteiger partial charge on any atom is -0.366 e. The first-order chi connectivity index (χ1) is 6.74. The highest BCUT2D eigenvalue weighted by Crippen LogP contribution is 2.04. The first kappa shape index (κ1) is 10.1. The van der Waals surface area contributed by atoms with E-state index in [-0.39, 0.29) is 0 Å². The summed E-state index contributed by atoms with van der Waals surface area (Å²) in [5.41, 5.74) is 6.19. The molecular weight excluding hydrogens is 180 g/mol. The van der Waals surface area contributed by atoms with E-state index in [0.717, 1.165) is 11.8 Å². The van der Waals surface area contributed by atoms with E-state index in [2.05, 4.69) is 4.98 Å². The van der Waals surface area contributed by atoms with Crippen molar-refractivity contribution in [2.24, 2.45) is 5.73 Å². The van der Waals surface area contributed by atoms with E-state index in [9.17, 15) is 9.59 Å². The Morgan fingerprint density at radius 2 is 2.29 bits per heavy atom. The molecule has 72 valence electrons. The Morgan fingerprint density at radius 1 is 1.50 bits per heavy atom. The normalized spacial score (nSPS) is 10.3. The van der Waals surface area contributed by atoms with E-state index in [1.54, 1.807) is 24.4 Å². The van der Waals surface area contributed by atoms with E-state index in [0.29, 0.717) is 12.0 Å². The molecule has 4 heteroatoms. The van der Waals surface area contributed by atoms with Crippen LogP contribution in [0.5, 0.6) is 0 Å². The van der Waals surface area contributed by atoms with Gasteiger partial charge in [-0.3, -0.25) is 9.78 Å². The average molecular weight is 190 g/mol. The molecule has 1 rings (SSSR count). The highest BCUT2D eigenvalue weighted by atomic mass is 16.1. The molecule has 0 aliphatic rings. The molecular formula is C10H10N2O2. The van der Waals surface area contributed by atoms with Crippen LogP contribution in [0, 0.1) is 0 Å². The summed E-state index contributed by atoms with van der Waals surface area (Å²) in [6, 6.07) is 1.62. The summed E-state index contributed by atoms with van der Waals surface area (Å²) < 4.78 is 0. The predicted octanol–water partition coefficient (Wildman–Crippen LogP) is 0.783. The monoisotopic (exact) mass is 190 g/mol. The number of nitrogens with two attached hydrogens (primary N) is 1. The van der Waals surface area contributed by atoms with Crippen LogP contribution >= 0.6 is 0 Å². The Labute approximate surface area is 81.4 Å². The number of hydrogen-bond donors (Lipinski definition) is 1. The van der Waals surface area contributed by atoms with Crippen LogP contribution in [0.15, 0.2) is 24.5 Å². The maximum Gasteiger partial charge on any atom is 0.250 e. The number of primary amides is 1. The molecule has 0 radical (unpaired) electrons. The summed E-state index contributed by atoms with van der Waals surface area (Å²) in [5.74, 6) is -0.511. The van der Waals surface area contributed by atoms with E-state index < -0.39 is 5.91 Å². The number of nitrogens with zero attached hydrogens (tertiary/aromatic N) is 1. The highest BCUT2D eigenvalue weighted by Gasteiger charge is 1.99. The Morgan fingerprint density at radius 3 is 2.93 bits per heavy atom. The first-order valence-electron chi connectivity index (χ1n) is 4.09. The highest BCUT2D eigenvalue weighted by molar-refractivity contribution is 5.92. The number of carbonyl (C=O) groups excluding carboxylic acids is 2. The van der Waals surface area contributed by atoms with Crippen molar-refractivity contribution in [1.29, 1.82) is 0 Å². The Hall–Kier alpha value is -1.97. The number of rotatable bonds is 4. The number of aromatic nitrogens is 1. The summed E-state index contributed by atoms with van der Waals surface area (Å²) in [5, 5.41) is 0. The lowest BCUT2D eigenvalue weighted by atomic mass is 10.2. The van der Waals surface area contributed by atoms with Crippen LogP contribution in [0.25, 0.3) is 6.08 Å². The lowest BCUT2D eigenvalue weighted by Gasteiger charge is -1.95. The van der Waals surface area contributed by atoms with Gasteiger partial charge in [-0.25, -0.2) is 0 Å². The van der Waals surface area contributed by atoms with E-state index >= 15 is 0 Å². The third kappa shape index (κ3) is 2.82. The quantitative estimate of drug-likeness (QED) is 0.713. The van der Waals surface area contributed by atoms with E-state index in [1.807, 2.05) is 0 Å². The maximum atomic E-state index is 10.8.